The van der Waals surface area contributed by atoms with Gasteiger partial charge in [-0.1, -0.05) is 241 Å². The van der Waals surface area contributed by atoms with Crippen LogP contribution >= 0.6 is 0 Å². The van der Waals surface area contributed by atoms with Crippen LogP contribution in [0.15, 0.2) is 85.1 Å². The van der Waals surface area contributed by atoms with Crippen molar-refractivity contribution in [1.82, 2.24) is 0 Å². The predicted molar refractivity (Wildman–Crippen MR) is 265 cm³/mol. The summed E-state index contributed by atoms with van der Waals surface area (Å²) in [4.78, 5) is 37.9. The van der Waals surface area contributed by atoms with Crippen LogP contribution in [0.25, 0.3) is 0 Å². The van der Waals surface area contributed by atoms with Gasteiger partial charge in [-0.3, -0.25) is 14.4 Å². The number of carbonyl (C=O) groups is 3. The van der Waals surface area contributed by atoms with Gasteiger partial charge in [0.05, 0.1) is 0 Å². The van der Waals surface area contributed by atoms with E-state index in [0.717, 1.165) is 51.4 Å². The molecule has 0 aliphatic heterocycles. The van der Waals surface area contributed by atoms with Gasteiger partial charge < -0.3 is 14.2 Å². The molecule has 0 aromatic heterocycles. The molecule has 0 fully saturated rings. The first-order valence-electron chi connectivity index (χ1n) is 25.7. The Morgan fingerprint density at radius 2 is 0.645 bits per heavy atom. The summed E-state index contributed by atoms with van der Waals surface area (Å²) in [6, 6.07) is 0. The third kappa shape index (κ3) is 47.6. The summed E-state index contributed by atoms with van der Waals surface area (Å²) in [6.07, 6.45) is 64.3. The van der Waals surface area contributed by atoms with Gasteiger partial charge in [0.1, 0.15) is 13.2 Å². The van der Waals surface area contributed by atoms with E-state index in [1.54, 1.807) is 0 Å². The zero-order valence-corrected chi connectivity index (χ0v) is 40.4. The van der Waals surface area contributed by atoms with Crippen molar-refractivity contribution < 1.29 is 28.6 Å². The summed E-state index contributed by atoms with van der Waals surface area (Å²) in [5, 5.41) is 0. The molecule has 1 unspecified atom stereocenters. The first kappa shape index (κ1) is 58.6. The highest BCUT2D eigenvalue weighted by Crippen LogP contribution is 2.15. The molecule has 0 aromatic rings. The average Bonchev–Trinajstić information content (AvgIpc) is 3.27. The van der Waals surface area contributed by atoms with Crippen LogP contribution in [0.2, 0.25) is 0 Å². The van der Waals surface area contributed by atoms with Crippen LogP contribution in [0.4, 0.5) is 0 Å². The number of esters is 3. The minimum Gasteiger partial charge on any atom is -0.462 e. The maximum absolute atomic E-state index is 12.7. The van der Waals surface area contributed by atoms with E-state index in [0.29, 0.717) is 19.3 Å². The molecule has 0 aliphatic rings. The topological polar surface area (TPSA) is 78.9 Å². The van der Waals surface area contributed by atoms with Crippen LogP contribution in [0.5, 0.6) is 0 Å². The van der Waals surface area contributed by atoms with Crippen molar-refractivity contribution in [3.8, 4) is 0 Å². The van der Waals surface area contributed by atoms with E-state index in [2.05, 4.69) is 51.2 Å². The van der Waals surface area contributed by atoms with Crippen molar-refractivity contribution in [1.29, 1.82) is 0 Å². The fourth-order valence-corrected chi connectivity index (χ4v) is 6.93. The molecule has 0 saturated carbocycles. The Kier molecular flexibility index (Phi) is 47.5. The van der Waals surface area contributed by atoms with Crippen LogP contribution in [-0.4, -0.2) is 37.2 Å². The molecule has 0 saturated heterocycles. The van der Waals surface area contributed by atoms with Crippen molar-refractivity contribution >= 4 is 17.9 Å². The lowest BCUT2D eigenvalue weighted by Gasteiger charge is -2.18. The van der Waals surface area contributed by atoms with Gasteiger partial charge in [-0.05, 0) is 57.8 Å². The standard InChI is InChI=1S/C56H94O6/c1-4-7-10-13-16-19-22-25-26-27-28-29-30-32-34-37-40-43-46-49-55(58)61-52-53(51-60-54(57)48-45-42-39-36-33-24-21-18-15-12-9-6-3)62-56(59)50-47-44-41-38-35-31-23-20-17-14-11-8-5-2/h8,11,14,16-17,19-20,22-23,25,31,35,38,41,53H,4-7,9-10,12-13,15,18,21,24,26-30,32-34,36-37,39-40,42-52H2,1-3H3/b11-8-,17-14-,19-16-,23-20-,25-22-,35-31-,41-38-. The zero-order valence-electron chi connectivity index (χ0n) is 40.4. The van der Waals surface area contributed by atoms with Crippen molar-refractivity contribution in [3.05, 3.63) is 85.1 Å². The van der Waals surface area contributed by atoms with E-state index in [4.69, 9.17) is 14.2 Å². The number of ether oxygens (including phenoxy) is 3. The monoisotopic (exact) mass is 863 g/mol. The maximum Gasteiger partial charge on any atom is 0.306 e. The van der Waals surface area contributed by atoms with Gasteiger partial charge in [0, 0.05) is 19.3 Å². The lowest BCUT2D eigenvalue weighted by atomic mass is 10.0. The average molecular weight is 863 g/mol. The molecule has 0 heterocycles. The van der Waals surface area contributed by atoms with Crippen LogP contribution < -0.4 is 0 Å². The van der Waals surface area contributed by atoms with E-state index >= 15 is 0 Å². The van der Waals surface area contributed by atoms with Gasteiger partial charge in [0.15, 0.2) is 6.10 Å². The Morgan fingerprint density at radius 3 is 1.08 bits per heavy atom. The third-order valence-electron chi connectivity index (χ3n) is 10.8. The fourth-order valence-electron chi connectivity index (χ4n) is 6.93. The lowest BCUT2D eigenvalue weighted by Crippen LogP contribution is -2.30. The summed E-state index contributed by atoms with van der Waals surface area (Å²) in [5.74, 6) is -0.984. The van der Waals surface area contributed by atoms with Crippen LogP contribution in [0.3, 0.4) is 0 Å². The van der Waals surface area contributed by atoms with Crippen LogP contribution in [0, 0.1) is 0 Å². The van der Waals surface area contributed by atoms with Crippen molar-refractivity contribution in [3.63, 3.8) is 0 Å². The molecule has 1 atom stereocenters. The number of allylic oxidation sites excluding steroid dienone is 14. The molecule has 0 radical (unpaired) electrons. The highest BCUT2D eigenvalue weighted by Gasteiger charge is 2.19. The molecular weight excluding hydrogens is 769 g/mol. The molecule has 0 aromatic carbocycles. The summed E-state index contributed by atoms with van der Waals surface area (Å²) in [5.41, 5.74) is 0. The minimum absolute atomic E-state index is 0.105. The Labute approximate surface area is 382 Å². The molecule has 354 valence electrons. The van der Waals surface area contributed by atoms with Gasteiger partial charge >= 0.3 is 17.9 Å². The maximum atomic E-state index is 12.7. The molecule has 0 spiro atoms. The van der Waals surface area contributed by atoms with E-state index in [-0.39, 0.29) is 37.5 Å². The number of carbonyl (C=O) groups excluding carboxylic acids is 3. The lowest BCUT2D eigenvalue weighted by molar-refractivity contribution is -0.167. The van der Waals surface area contributed by atoms with Crippen molar-refractivity contribution in [2.45, 2.75) is 239 Å². The summed E-state index contributed by atoms with van der Waals surface area (Å²) < 4.78 is 16.7. The summed E-state index contributed by atoms with van der Waals surface area (Å²) >= 11 is 0. The number of hydrogen-bond acceptors (Lipinski definition) is 6. The largest absolute Gasteiger partial charge is 0.462 e. The molecule has 0 rings (SSSR count). The minimum atomic E-state index is -0.812. The molecule has 0 bridgehead atoms. The molecule has 6 nitrogen and oxygen atoms in total. The van der Waals surface area contributed by atoms with Gasteiger partial charge in [-0.15, -0.1) is 0 Å². The normalized spacial score (nSPS) is 12.8. The molecule has 0 amide bonds. The molecule has 62 heavy (non-hydrogen) atoms. The Balaban J connectivity index is 4.42. The Bertz CT molecular complexity index is 1220. The molecular formula is C56H94O6. The van der Waals surface area contributed by atoms with E-state index in [1.165, 1.54) is 135 Å². The highest BCUT2D eigenvalue weighted by molar-refractivity contribution is 5.71. The fraction of sp³-hybridized carbons (Fsp3) is 0.696. The van der Waals surface area contributed by atoms with Gasteiger partial charge in [0.2, 0.25) is 0 Å². The summed E-state index contributed by atoms with van der Waals surface area (Å²) in [6.45, 7) is 6.40. The zero-order chi connectivity index (χ0) is 45.1. The SMILES string of the molecule is CC\C=C/C=C\C=C/C=C\C=C/CCCC(=O)OC(COC(=O)CCCCCCCCCCCC/C=C\C=C/CCCCC)COC(=O)CCCCCCCCCCCCCC. The van der Waals surface area contributed by atoms with Crippen LogP contribution in [0.1, 0.15) is 233 Å². The third-order valence-corrected chi connectivity index (χ3v) is 10.8. The van der Waals surface area contributed by atoms with Crippen molar-refractivity contribution in [2.75, 3.05) is 13.2 Å². The first-order chi connectivity index (χ1) is 30.5. The van der Waals surface area contributed by atoms with E-state index in [1.807, 2.05) is 54.7 Å². The number of unbranched alkanes of at least 4 members (excludes halogenated alkanes) is 25. The molecule has 6 heteroatoms. The van der Waals surface area contributed by atoms with Gasteiger partial charge in [-0.25, -0.2) is 0 Å². The van der Waals surface area contributed by atoms with Gasteiger partial charge in [0.25, 0.3) is 0 Å². The summed E-state index contributed by atoms with van der Waals surface area (Å²) in [7, 11) is 0. The highest BCUT2D eigenvalue weighted by atomic mass is 16.6. The Morgan fingerprint density at radius 1 is 0.339 bits per heavy atom. The van der Waals surface area contributed by atoms with E-state index < -0.39 is 6.10 Å². The number of rotatable bonds is 45. The second-order valence-corrected chi connectivity index (χ2v) is 16.9. The second-order valence-electron chi connectivity index (χ2n) is 16.9. The van der Waals surface area contributed by atoms with Crippen molar-refractivity contribution in [2.24, 2.45) is 0 Å². The number of hydrogen-bond donors (Lipinski definition) is 0. The van der Waals surface area contributed by atoms with E-state index in [9.17, 15) is 14.4 Å². The smallest absolute Gasteiger partial charge is 0.306 e. The Hall–Kier alpha value is -3.41. The predicted octanol–water partition coefficient (Wildman–Crippen LogP) is 16.8. The molecule has 0 aliphatic carbocycles. The quantitative estimate of drug-likeness (QED) is 0.0263. The first-order valence-corrected chi connectivity index (χ1v) is 25.7. The van der Waals surface area contributed by atoms with Crippen LogP contribution in [-0.2, 0) is 28.6 Å². The second kappa shape index (κ2) is 50.2. The molecule has 0 N–H and O–H groups in total. The van der Waals surface area contributed by atoms with Gasteiger partial charge in [-0.2, -0.15) is 0 Å².